The lowest BCUT2D eigenvalue weighted by atomic mass is 10.2. The minimum absolute atomic E-state index is 0.0933. The number of aliphatic hydroxyl groups excluding tert-OH is 1. The van der Waals surface area contributed by atoms with Crippen molar-refractivity contribution in [1.29, 1.82) is 0 Å². The number of hydrogen-bond acceptors (Lipinski definition) is 3. The molecular weight excluding hydrogens is 230 g/mol. The second-order valence-electron chi connectivity index (χ2n) is 3.48. The van der Waals surface area contributed by atoms with E-state index in [-0.39, 0.29) is 18.7 Å². The molecule has 0 aliphatic carbocycles. The van der Waals surface area contributed by atoms with Gasteiger partial charge in [0.05, 0.1) is 12.2 Å². The van der Waals surface area contributed by atoms with Crippen molar-refractivity contribution in [2.45, 2.75) is 13.3 Å². The summed E-state index contributed by atoms with van der Waals surface area (Å²) in [6, 6.07) is 1.13. The third-order valence-corrected chi connectivity index (χ3v) is 2.23. The number of nitrogens with zero attached hydrogens (tertiary/aromatic N) is 2. The molecule has 17 heavy (non-hydrogen) atoms. The molecule has 0 atom stereocenters. The molecule has 0 aliphatic heterocycles. The number of carbonyl (C=O) groups is 1. The van der Waals surface area contributed by atoms with Crippen LogP contribution in [0.2, 0.25) is 0 Å². The van der Waals surface area contributed by atoms with Crippen LogP contribution in [0.5, 0.6) is 0 Å². The molecule has 94 valence electrons. The summed E-state index contributed by atoms with van der Waals surface area (Å²) in [4.78, 5) is 16.3. The fourth-order valence-electron chi connectivity index (χ4n) is 1.46. The van der Waals surface area contributed by atoms with Crippen LogP contribution in [-0.2, 0) is 0 Å². The third-order valence-electron chi connectivity index (χ3n) is 2.23. The van der Waals surface area contributed by atoms with Gasteiger partial charge >= 0.3 is 0 Å². The lowest BCUT2D eigenvalue weighted by Crippen LogP contribution is -2.35. The van der Waals surface area contributed by atoms with Gasteiger partial charge in [0, 0.05) is 19.3 Å². The monoisotopic (exact) mass is 244 g/mol. The van der Waals surface area contributed by atoms with E-state index in [1.165, 1.54) is 4.90 Å². The van der Waals surface area contributed by atoms with Crippen molar-refractivity contribution in [3.8, 4) is 0 Å². The first-order chi connectivity index (χ1) is 8.11. The van der Waals surface area contributed by atoms with Crippen LogP contribution in [0, 0.1) is 11.8 Å². The van der Waals surface area contributed by atoms with Crippen molar-refractivity contribution < 1.29 is 18.7 Å². The van der Waals surface area contributed by atoms with Gasteiger partial charge in [-0.05, 0) is 12.5 Å². The molecule has 1 aromatic rings. The van der Waals surface area contributed by atoms with Crippen LogP contribution in [0.4, 0.5) is 8.78 Å². The van der Waals surface area contributed by atoms with Gasteiger partial charge in [0.1, 0.15) is 0 Å². The maximum absolute atomic E-state index is 13.3. The molecule has 0 radical (unpaired) electrons. The molecule has 0 spiro atoms. The highest BCUT2D eigenvalue weighted by Gasteiger charge is 2.20. The molecule has 6 heteroatoms. The van der Waals surface area contributed by atoms with E-state index in [9.17, 15) is 13.6 Å². The molecule has 0 unspecified atom stereocenters. The molecule has 1 heterocycles. The highest BCUT2D eigenvalue weighted by atomic mass is 19.2. The Morgan fingerprint density at radius 1 is 1.47 bits per heavy atom. The van der Waals surface area contributed by atoms with Gasteiger partial charge in [-0.15, -0.1) is 0 Å². The van der Waals surface area contributed by atoms with Gasteiger partial charge in [-0.3, -0.25) is 4.79 Å². The molecular formula is C11H14F2N2O2. The number of pyridine rings is 1. The van der Waals surface area contributed by atoms with Crippen molar-refractivity contribution in [3.63, 3.8) is 0 Å². The normalized spacial score (nSPS) is 10.4. The summed E-state index contributed by atoms with van der Waals surface area (Å²) in [5.41, 5.74) is -0.362. The maximum atomic E-state index is 13.3. The molecule has 0 aliphatic rings. The van der Waals surface area contributed by atoms with Crippen LogP contribution >= 0.6 is 0 Å². The Morgan fingerprint density at radius 2 is 2.18 bits per heavy atom. The predicted octanol–water partition coefficient (Wildman–Crippen LogP) is 1.20. The Bertz CT molecular complexity index is 393. The molecule has 0 fully saturated rings. The first kappa shape index (κ1) is 13.5. The summed E-state index contributed by atoms with van der Waals surface area (Å²) in [6.07, 6.45) is 1.70. The molecule has 1 N–H and O–H groups in total. The van der Waals surface area contributed by atoms with Crippen molar-refractivity contribution >= 4 is 5.91 Å². The standard InChI is InChI=1S/C11H14F2N2O2/c1-2-5-15(6-7-16)11(17)8-3-4-14-10(13)9(8)12/h3-4,16H,2,5-7H2,1H3. The summed E-state index contributed by atoms with van der Waals surface area (Å²) < 4.78 is 26.2. The number of amides is 1. The average Bonchev–Trinajstić information content (AvgIpc) is 2.31. The number of rotatable bonds is 5. The summed E-state index contributed by atoms with van der Waals surface area (Å²) in [5.74, 6) is -3.19. The van der Waals surface area contributed by atoms with Gasteiger partial charge in [-0.2, -0.15) is 4.39 Å². The Kier molecular flexibility index (Phi) is 4.96. The van der Waals surface area contributed by atoms with Gasteiger partial charge in [-0.25, -0.2) is 9.37 Å². The number of halogens is 2. The van der Waals surface area contributed by atoms with Gasteiger partial charge < -0.3 is 10.0 Å². The zero-order valence-corrected chi connectivity index (χ0v) is 9.49. The highest BCUT2D eigenvalue weighted by molar-refractivity contribution is 5.94. The third kappa shape index (κ3) is 3.20. The number of hydrogen-bond donors (Lipinski definition) is 1. The SMILES string of the molecule is CCCN(CCO)C(=O)c1ccnc(F)c1F. The zero-order chi connectivity index (χ0) is 12.8. The molecule has 0 bridgehead atoms. The van der Waals surface area contributed by atoms with Gasteiger partial charge in [0.25, 0.3) is 5.91 Å². The molecule has 1 amide bonds. The van der Waals surface area contributed by atoms with Gasteiger partial charge in [-0.1, -0.05) is 6.92 Å². The second-order valence-corrected chi connectivity index (χ2v) is 3.48. The molecule has 0 saturated heterocycles. The van der Waals surface area contributed by atoms with Crippen LogP contribution in [0.15, 0.2) is 12.3 Å². The Morgan fingerprint density at radius 3 is 2.76 bits per heavy atom. The van der Waals surface area contributed by atoms with Crippen molar-refractivity contribution in [3.05, 3.63) is 29.6 Å². The summed E-state index contributed by atoms with van der Waals surface area (Å²) in [5, 5.41) is 8.81. The lowest BCUT2D eigenvalue weighted by molar-refractivity contribution is 0.0715. The minimum Gasteiger partial charge on any atom is -0.395 e. The average molecular weight is 244 g/mol. The quantitative estimate of drug-likeness (QED) is 0.792. The van der Waals surface area contributed by atoms with Crippen LogP contribution in [0.25, 0.3) is 0 Å². The Labute approximate surface area is 97.9 Å². The van der Waals surface area contributed by atoms with E-state index < -0.39 is 17.7 Å². The summed E-state index contributed by atoms with van der Waals surface area (Å²) >= 11 is 0. The summed E-state index contributed by atoms with van der Waals surface area (Å²) in [6.45, 7) is 2.10. The molecule has 1 aromatic heterocycles. The first-order valence-corrected chi connectivity index (χ1v) is 5.32. The van der Waals surface area contributed by atoms with E-state index in [1.54, 1.807) is 0 Å². The van der Waals surface area contributed by atoms with E-state index in [1.807, 2.05) is 6.92 Å². The second kappa shape index (κ2) is 6.24. The number of carbonyl (C=O) groups excluding carboxylic acids is 1. The maximum Gasteiger partial charge on any atom is 0.257 e. The molecule has 0 aromatic carbocycles. The van der Waals surface area contributed by atoms with Crippen LogP contribution < -0.4 is 0 Å². The zero-order valence-electron chi connectivity index (χ0n) is 9.49. The predicted molar refractivity (Wildman–Crippen MR) is 57.4 cm³/mol. The van der Waals surface area contributed by atoms with Crippen LogP contribution in [0.1, 0.15) is 23.7 Å². The Balaban J connectivity index is 2.96. The minimum atomic E-state index is -1.30. The molecule has 1 rings (SSSR count). The Hall–Kier alpha value is -1.56. The summed E-state index contributed by atoms with van der Waals surface area (Å²) in [7, 11) is 0. The number of aromatic nitrogens is 1. The van der Waals surface area contributed by atoms with Crippen molar-refractivity contribution in [2.75, 3.05) is 19.7 Å². The highest BCUT2D eigenvalue weighted by Crippen LogP contribution is 2.12. The lowest BCUT2D eigenvalue weighted by Gasteiger charge is -2.21. The van der Waals surface area contributed by atoms with Gasteiger partial charge in [0.15, 0.2) is 5.82 Å². The molecule has 4 nitrogen and oxygen atoms in total. The van der Waals surface area contributed by atoms with E-state index in [4.69, 9.17) is 5.11 Å². The van der Waals surface area contributed by atoms with E-state index in [0.29, 0.717) is 13.0 Å². The van der Waals surface area contributed by atoms with E-state index in [2.05, 4.69) is 4.98 Å². The first-order valence-electron chi connectivity index (χ1n) is 5.32. The van der Waals surface area contributed by atoms with Crippen molar-refractivity contribution in [2.24, 2.45) is 0 Å². The van der Waals surface area contributed by atoms with Crippen LogP contribution in [-0.4, -0.2) is 40.6 Å². The van der Waals surface area contributed by atoms with E-state index in [0.717, 1.165) is 12.3 Å². The van der Waals surface area contributed by atoms with Crippen LogP contribution in [0.3, 0.4) is 0 Å². The largest absolute Gasteiger partial charge is 0.395 e. The topological polar surface area (TPSA) is 53.4 Å². The number of aliphatic hydroxyl groups is 1. The van der Waals surface area contributed by atoms with Crippen molar-refractivity contribution in [1.82, 2.24) is 9.88 Å². The fourth-order valence-corrected chi connectivity index (χ4v) is 1.46. The van der Waals surface area contributed by atoms with Gasteiger partial charge in [0.2, 0.25) is 5.95 Å². The van der Waals surface area contributed by atoms with E-state index >= 15 is 0 Å². The smallest absolute Gasteiger partial charge is 0.257 e. The fraction of sp³-hybridized carbons (Fsp3) is 0.455. The molecule has 0 saturated carbocycles.